The molecular weight excluding hydrogens is 464 g/mol. The van der Waals surface area contributed by atoms with E-state index in [1.54, 1.807) is 13.8 Å². The molecule has 4 aliphatic rings. The molecule has 0 aliphatic heterocycles. The second-order valence-electron chi connectivity index (χ2n) is 11.6. The molecule has 1 aromatic rings. The predicted octanol–water partition coefficient (Wildman–Crippen LogP) is 3.85. The molecule has 4 bridgehead atoms. The molecule has 4 aliphatic carbocycles. The van der Waals surface area contributed by atoms with Crippen molar-refractivity contribution in [3.63, 3.8) is 0 Å². The molecule has 4 saturated carbocycles. The van der Waals surface area contributed by atoms with Crippen LogP contribution in [0.4, 0.5) is 0 Å². The van der Waals surface area contributed by atoms with E-state index >= 15 is 0 Å². The number of esters is 1. The maximum absolute atomic E-state index is 13.1. The number of aryl methyl sites for hydroxylation is 2. The average Bonchev–Trinajstić information content (AvgIpc) is 2.74. The van der Waals surface area contributed by atoms with Gasteiger partial charge in [0.15, 0.2) is 6.61 Å². The number of rotatable bonds is 8. The van der Waals surface area contributed by atoms with Crippen LogP contribution in [0.15, 0.2) is 11.0 Å². The minimum Gasteiger partial charge on any atom is -0.454 e. The first kappa shape index (κ1) is 26.1. The predicted molar refractivity (Wildman–Crippen MR) is 134 cm³/mol. The van der Waals surface area contributed by atoms with Crippen molar-refractivity contribution in [2.75, 3.05) is 6.61 Å². The summed E-state index contributed by atoms with van der Waals surface area (Å²) in [4.78, 5) is 25.3. The summed E-state index contributed by atoms with van der Waals surface area (Å²) in [6, 6.07) is 0.867. The molecule has 0 aromatic heterocycles. The molecule has 1 amide bonds. The summed E-state index contributed by atoms with van der Waals surface area (Å²) in [6.07, 6.45) is 7.55. The van der Waals surface area contributed by atoms with Crippen LogP contribution in [0.3, 0.4) is 0 Å². The molecule has 0 saturated heterocycles. The smallest absolute Gasteiger partial charge is 0.324 e. The van der Waals surface area contributed by atoms with Gasteiger partial charge in [0.05, 0.1) is 4.90 Å². The number of nitrogens with one attached hydrogen (secondary N) is 2. The van der Waals surface area contributed by atoms with Gasteiger partial charge in [0.25, 0.3) is 5.91 Å². The Morgan fingerprint density at radius 2 is 1.46 bits per heavy atom. The lowest BCUT2D eigenvalue weighted by molar-refractivity contribution is -0.150. The first-order valence-electron chi connectivity index (χ1n) is 12.9. The Morgan fingerprint density at radius 3 is 1.94 bits per heavy atom. The van der Waals surface area contributed by atoms with Crippen molar-refractivity contribution >= 4 is 21.9 Å². The molecular formula is C27H40N2O5S. The van der Waals surface area contributed by atoms with E-state index in [0.29, 0.717) is 11.1 Å². The van der Waals surface area contributed by atoms with Crippen LogP contribution in [-0.2, 0) is 24.3 Å². The average molecular weight is 505 g/mol. The second kappa shape index (κ2) is 9.51. The van der Waals surface area contributed by atoms with Gasteiger partial charge in [-0.15, -0.1) is 0 Å². The standard InChI is InChI=1S/C27H40N2O5S/c1-15-7-16(2)18(4)25(17(15)3)35(32,33)29-19(5)26(31)34-14-24(30)28-20(6)27-11-21-8-22(12-27)10-23(9-21)13-27/h7,19-23,29H,8-14H2,1-6H3,(H,28,30)/t19-,20?,21?,22?,23?,27?/m0/s1. The minimum absolute atomic E-state index is 0.0357. The zero-order valence-electron chi connectivity index (χ0n) is 21.9. The molecule has 2 N–H and O–H groups in total. The Balaban J connectivity index is 1.32. The Labute approximate surface area is 209 Å². The molecule has 0 spiro atoms. The molecule has 2 atom stereocenters. The number of ether oxygens (including phenoxy) is 1. The third kappa shape index (κ3) is 5.15. The third-order valence-electron chi connectivity index (χ3n) is 8.98. The van der Waals surface area contributed by atoms with Crippen LogP contribution in [0.1, 0.15) is 74.6 Å². The van der Waals surface area contributed by atoms with Crippen LogP contribution in [0.5, 0.6) is 0 Å². The maximum Gasteiger partial charge on any atom is 0.324 e. The van der Waals surface area contributed by atoms with Gasteiger partial charge in [-0.2, -0.15) is 4.72 Å². The fraction of sp³-hybridized carbons (Fsp3) is 0.704. The number of hydrogen-bond acceptors (Lipinski definition) is 5. The Bertz CT molecular complexity index is 1070. The number of carbonyl (C=O) groups is 2. The summed E-state index contributed by atoms with van der Waals surface area (Å²) in [5, 5.41) is 3.08. The zero-order valence-corrected chi connectivity index (χ0v) is 22.7. The van der Waals surface area contributed by atoms with E-state index in [-0.39, 0.29) is 22.3 Å². The Hall–Kier alpha value is -1.93. The van der Waals surface area contributed by atoms with Crippen molar-refractivity contribution in [1.82, 2.24) is 10.0 Å². The van der Waals surface area contributed by atoms with E-state index in [0.717, 1.165) is 28.9 Å². The van der Waals surface area contributed by atoms with Gasteiger partial charge in [0.1, 0.15) is 6.04 Å². The first-order valence-corrected chi connectivity index (χ1v) is 14.4. The first-order chi connectivity index (χ1) is 16.3. The van der Waals surface area contributed by atoms with Crippen molar-refractivity contribution in [1.29, 1.82) is 0 Å². The number of sulfonamides is 1. The molecule has 5 rings (SSSR count). The minimum atomic E-state index is -3.95. The molecule has 7 nitrogen and oxygen atoms in total. The number of benzene rings is 1. The van der Waals surface area contributed by atoms with E-state index in [9.17, 15) is 18.0 Å². The number of hydrogen-bond donors (Lipinski definition) is 2. The van der Waals surface area contributed by atoms with Gasteiger partial charge in [-0.1, -0.05) is 6.07 Å². The summed E-state index contributed by atoms with van der Waals surface area (Å²) >= 11 is 0. The molecule has 194 valence electrons. The third-order valence-corrected chi connectivity index (χ3v) is 10.8. The molecule has 8 heteroatoms. The highest BCUT2D eigenvalue weighted by Crippen LogP contribution is 2.61. The monoisotopic (exact) mass is 504 g/mol. The lowest BCUT2D eigenvalue weighted by atomic mass is 9.48. The summed E-state index contributed by atoms with van der Waals surface area (Å²) in [6.45, 7) is 10.3. The van der Waals surface area contributed by atoms with E-state index < -0.39 is 28.6 Å². The van der Waals surface area contributed by atoms with Crippen molar-refractivity contribution in [2.45, 2.75) is 97.0 Å². The highest BCUT2D eigenvalue weighted by atomic mass is 32.2. The van der Waals surface area contributed by atoms with Gasteiger partial charge in [0, 0.05) is 6.04 Å². The molecule has 1 aromatic carbocycles. The summed E-state index contributed by atoms with van der Waals surface area (Å²) in [7, 11) is -3.95. The molecule has 1 unspecified atom stereocenters. The van der Waals surface area contributed by atoms with Gasteiger partial charge < -0.3 is 10.1 Å². The topological polar surface area (TPSA) is 102 Å². The van der Waals surface area contributed by atoms with E-state index in [1.165, 1.54) is 45.4 Å². The van der Waals surface area contributed by atoms with Crippen LogP contribution in [0.25, 0.3) is 0 Å². The summed E-state index contributed by atoms with van der Waals surface area (Å²) < 4.78 is 33.8. The van der Waals surface area contributed by atoms with Crippen molar-refractivity contribution in [2.24, 2.45) is 23.2 Å². The van der Waals surface area contributed by atoms with Crippen LogP contribution in [0.2, 0.25) is 0 Å². The largest absolute Gasteiger partial charge is 0.454 e. The fourth-order valence-electron chi connectivity index (χ4n) is 7.33. The summed E-state index contributed by atoms with van der Waals surface area (Å²) in [5.74, 6) is 1.26. The highest BCUT2D eigenvalue weighted by molar-refractivity contribution is 7.89. The van der Waals surface area contributed by atoms with Crippen LogP contribution in [0, 0.1) is 50.9 Å². The Kier molecular flexibility index (Phi) is 7.10. The highest BCUT2D eigenvalue weighted by Gasteiger charge is 2.53. The Morgan fingerprint density at radius 1 is 0.971 bits per heavy atom. The van der Waals surface area contributed by atoms with Crippen molar-refractivity contribution < 1.29 is 22.7 Å². The normalized spacial score (nSPS) is 29.0. The van der Waals surface area contributed by atoms with E-state index in [4.69, 9.17) is 4.74 Å². The maximum atomic E-state index is 13.1. The van der Waals surface area contributed by atoms with Crippen LogP contribution < -0.4 is 10.0 Å². The molecule has 0 heterocycles. The fourth-order valence-corrected chi connectivity index (χ4v) is 9.14. The lowest BCUT2D eigenvalue weighted by Gasteiger charge is -2.59. The van der Waals surface area contributed by atoms with Crippen molar-refractivity contribution in [3.8, 4) is 0 Å². The van der Waals surface area contributed by atoms with Gasteiger partial charge in [-0.3, -0.25) is 9.59 Å². The van der Waals surface area contributed by atoms with Gasteiger partial charge in [0.2, 0.25) is 10.0 Å². The molecule has 0 radical (unpaired) electrons. The van der Waals surface area contributed by atoms with Crippen LogP contribution >= 0.6 is 0 Å². The van der Waals surface area contributed by atoms with Crippen LogP contribution in [-0.4, -0.2) is 39.0 Å². The molecule has 35 heavy (non-hydrogen) atoms. The quantitative estimate of drug-likeness (QED) is 0.524. The number of carbonyl (C=O) groups excluding carboxylic acids is 2. The SMILES string of the molecule is Cc1cc(C)c(C)c(S(=O)(=O)N[C@@H](C)C(=O)OCC(=O)NC(C)C23CC4CC(CC(C4)C2)C3)c1C. The van der Waals surface area contributed by atoms with Crippen molar-refractivity contribution in [3.05, 3.63) is 28.3 Å². The van der Waals surface area contributed by atoms with Gasteiger partial charge in [-0.25, -0.2) is 8.42 Å². The van der Waals surface area contributed by atoms with Gasteiger partial charge >= 0.3 is 5.97 Å². The molecule has 4 fully saturated rings. The lowest BCUT2D eigenvalue weighted by Crippen LogP contribution is -2.56. The second-order valence-corrected chi connectivity index (χ2v) is 13.3. The van der Waals surface area contributed by atoms with E-state index in [2.05, 4.69) is 17.0 Å². The zero-order chi connectivity index (χ0) is 25.7. The summed E-state index contributed by atoms with van der Waals surface area (Å²) in [5.41, 5.74) is 3.21. The van der Waals surface area contributed by atoms with E-state index in [1.807, 2.05) is 19.9 Å². The van der Waals surface area contributed by atoms with Gasteiger partial charge in [-0.05, 0) is 125 Å². The number of amides is 1.